The van der Waals surface area contributed by atoms with Gasteiger partial charge in [0.2, 0.25) is 0 Å². The molecule has 0 N–H and O–H groups in total. The second kappa shape index (κ2) is 4.00. The molecule has 2 aliphatic rings. The highest BCUT2D eigenvalue weighted by Gasteiger charge is 2.23. The Kier molecular flexibility index (Phi) is 2.52. The van der Waals surface area contributed by atoms with Gasteiger partial charge in [0.25, 0.3) is 0 Å². The van der Waals surface area contributed by atoms with Crippen LogP contribution in [-0.4, -0.2) is 0 Å². The summed E-state index contributed by atoms with van der Waals surface area (Å²) in [6, 6.07) is 9.54. The zero-order valence-electron chi connectivity index (χ0n) is 9.41. The molecule has 0 heterocycles. The van der Waals surface area contributed by atoms with Gasteiger partial charge >= 0.3 is 0 Å². The van der Waals surface area contributed by atoms with Crippen LogP contribution in [0.4, 0.5) is 0 Å². The van der Waals surface area contributed by atoms with E-state index in [1.807, 2.05) is 0 Å². The van der Waals surface area contributed by atoms with Crippen LogP contribution in [0.25, 0.3) is 0 Å². The summed E-state index contributed by atoms with van der Waals surface area (Å²) in [4.78, 5) is 0. The van der Waals surface area contributed by atoms with Gasteiger partial charge in [-0.1, -0.05) is 43.5 Å². The summed E-state index contributed by atoms with van der Waals surface area (Å²) in [5, 5.41) is 0. The molecular formula is C15H20. The number of hydrogen-bond donors (Lipinski definition) is 0. The lowest BCUT2D eigenvalue weighted by Gasteiger charge is -2.22. The van der Waals surface area contributed by atoms with Crippen molar-refractivity contribution in [3.05, 3.63) is 35.4 Å². The van der Waals surface area contributed by atoms with Crippen LogP contribution in [-0.2, 0) is 0 Å². The summed E-state index contributed by atoms with van der Waals surface area (Å²) in [7, 11) is 0. The molecule has 0 atom stereocenters. The van der Waals surface area contributed by atoms with Gasteiger partial charge in [0, 0.05) is 0 Å². The van der Waals surface area contributed by atoms with Crippen LogP contribution in [0.5, 0.6) is 0 Å². The second-order valence-corrected chi connectivity index (χ2v) is 5.28. The predicted molar refractivity (Wildman–Crippen MR) is 64.2 cm³/mol. The predicted octanol–water partition coefficient (Wildman–Crippen LogP) is 4.61. The van der Waals surface area contributed by atoms with Crippen LogP contribution in [0.1, 0.15) is 67.9 Å². The van der Waals surface area contributed by atoms with E-state index in [1.54, 1.807) is 11.1 Å². The first kappa shape index (κ1) is 9.45. The second-order valence-electron chi connectivity index (χ2n) is 5.28. The van der Waals surface area contributed by atoms with E-state index < -0.39 is 0 Å². The Morgan fingerprint density at radius 3 is 1.53 bits per heavy atom. The topological polar surface area (TPSA) is 0 Å². The van der Waals surface area contributed by atoms with Crippen molar-refractivity contribution in [2.45, 2.75) is 56.8 Å². The van der Waals surface area contributed by atoms with Gasteiger partial charge in [-0.2, -0.15) is 0 Å². The van der Waals surface area contributed by atoms with Gasteiger partial charge in [-0.15, -0.1) is 0 Å². The van der Waals surface area contributed by atoms with Crippen LogP contribution in [0.15, 0.2) is 24.3 Å². The fourth-order valence-electron chi connectivity index (χ4n) is 2.89. The summed E-state index contributed by atoms with van der Waals surface area (Å²) in [5.74, 6) is 1.78. The van der Waals surface area contributed by atoms with Gasteiger partial charge in [0.05, 0.1) is 0 Å². The van der Waals surface area contributed by atoms with Crippen molar-refractivity contribution < 1.29 is 0 Å². The van der Waals surface area contributed by atoms with E-state index in [1.165, 1.54) is 44.9 Å². The highest BCUT2D eigenvalue weighted by molar-refractivity contribution is 5.30. The molecule has 0 nitrogen and oxygen atoms in total. The summed E-state index contributed by atoms with van der Waals surface area (Å²) in [6.07, 6.45) is 10.0. The molecule has 0 aliphatic heterocycles. The molecule has 0 unspecified atom stereocenters. The average Bonchev–Trinajstić information content (AvgIpc) is 3.15. The van der Waals surface area contributed by atoms with E-state index in [-0.39, 0.29) is 0 Å². The molecule has 0 bridgehead atoms. The normalized spacial score (nSPS) is 22.9. The summed E-state index contributed by atoms with van der Waals surface area (Å²) in [6.45, 7) is 0. The Balaban J connectivity index is 1.73. The molecule has 15 heavy (non-hydrogen) atoms. The molecule has 80 valence electrons. The lowest BCUT2D eigenvalue weighted by atomic mass is 9.84. The first-order valence-corrected chi connectivity index (χ1v) is 6.53. The van der Waals surface area contributed by atoms with Gasteiger partial charge in [0.15, 0.2) is 0 Å². The smallest absolute Gasteiger partial charge is 0.0162 e. The highest BCUT2D eigenvalue weighted by atomic mass is 14.3. The van der Waals surface area contributed by atoms with E-state index >= 15 is 0 Å². The summed E-state index contributed by atoms with van der Waals surface area (Å²) in [5.41, 5.74) is 3.17. The average molecular weight is 200 g/mol. The van der Waals surface area contributed by atoms with Crippen LogP contribution in [0, 0.1) is 0 Å². The van der Waals surface area contributed by atoms with Crippen LogP contribution >= 0.6 is 0 Å². The molecule has 2 aliphatic carbocycles. The van der Waals surface area contributed by atoms with Gasteiger partial charge in [-0.25, -0.2) is 0 Å². The Bertz CT molecular complexity index is 312. The third-order valence-electron chi connectivity index (χ3n) is 4.06. The SMILES string of the molecule is c1cc(C2CC2)ccc1C1CCCCC1. The minimum Gasteiger partial charge on any atom is -0.0585 e. The Morgan fingerprint density at radius 1 is 0.600 bits per heavy atom. The molecule has 0 spiro atoms. The maximum atomic E-state index is 2.39. The third-order valence-corrected chi connectivity index (χ3v) is 4.06. The van der Waals surface area contributed by atoms with E-state index in [0.717, 1.165) is 11.8 Å². The van der Waals surface area contributed by atoms with Gasteiger partial charge in [0.1, 0.15) is 0 Å². The maximum absolute atomic E-state index is 2.39. The van der Waals surface area contributed by atoms with Gasteiger partial charge < -0.3 is 0 Å². The van der Waals surface area contributed by atoms with Gasteiger partial charge in [-0.05, 0) is 48.6 Å². The van der Waals surface area contributed by atoms with Crippen LogP contribution < -0.4 is 0 Å². The minimum absolute atomic E-state index is 0.868. The van der Waals surface area contributed by atoms with E-state index in [2.05, 4.69) is 24.3 Å². The van der Waals surface area contributed by atoms with Crippen LogP contribution in [0.2, 0.25) is 0 Å². The molecule has 1 aromatic carbocycles. The molecule has 1 aromatic rings. The molecular weight excluding hydrogens is 180 g/mol. The highest BCUT2D eigenvalue weighted by Crippen LogP contribution is 2.41. The third kappa shape index (κ3) is 2.09. The Hall–Kier alpha value is -0.780. The van der Waals surface area contributed by atoms with Crippen molar-refractivity contribution in [1.29, 1.82) is 0 Å². The minimum atomic E-state index is 0.868. The molecule has 0 saturated heterocycles. The molecule has 0 radical (unpaired) electrons. The van der Waals surface area contributed by atoms with Crippen molar-refractivity contribution in [2.24, 2.45) is 0 Å². The lowest BCUT2D eigenvalue weighted by molar-refractivity contribution is 0.443. The lowest BCUT2D eigenvalue weighted by Crippen LogP contribution is -2.04. The quantitative estimate of drug-likeness (QED) is 0.654. The zero-order chi connectivity index (χ0) is 10.1. The van der Waals surface area contributed by atoms with E-state index in [4.69, 9.17) is 0 Å². The molecule has 0 amide bonds. The summed E-state index contributed by atoms with van der Waals surface area (Å²) >= 11 is 0. The summed E-state index contributed by atoms with van der Waals surface area (Å²) < 4.78 is 0. The van der Waals surface area contributed by atoms with Crippen molar-refractivity contribution in [2.75, 3.05) is 0 Å². The standard InChI is InChI=1S/C15H20/c1-2-4-12(5-3-1)13-6-8-14(9-7-13)15-10-11-15/h6-9,12,15H,1-5,10-11H2. The van der Waals surface area contributed by atoms with Crippen molar-refractivity contribution in [3.63, 3.8) is 0 Å². The largest absolute Gasteiger partial charge is 0.0585 e. The molecule has 0 aromatic heterocycles. The van der Waals surface area contributed by atoms with Crippen molar-refractivity contribution in [3.8, 4) is 0 Å². The van der Waals surface area contributed by atoms with Crippen molar-refractivity contribution in [1.82, 2.24) is 0 Å². The van der Waals surface area contributed by atoms with Crippen LogP contribution in [0.3, 0.4) is 0 Å². The fourth-order valence-corrected chi connectivity index (χ4v) is 2.89. The van der Waals surface area contributed by atoms with E-state index in [0.29, 0.717) is 0 Å². The number of hydrogen-bond acceptors (Lipinski definition) is 0. The molecule has 2 saturated carbocycles. The zero-order valence-corrected chi connectivity index (χ0v) is 9.41. The molecule has 2 fully saturated rings. The van der Waals surface area contributed by atoms with E-state index in [9.17, 15) is 0 Å². The number of rotatable bonds is 2. The van der Waals surface area contributed by atoms with Gasteiger partial charge in [-0.3, -0.25) is 0 Å². The first-order chi connectivity index (χ1) is 7.43. The fraction of sp³-hybridized carbons (Fsp3) is 0.600. The Labute approximate surface area is 92.7 Å². The van der Waals surface area contributed by atoms with Crippen molar-refractivity contribution >= 4 is 0 Å². The number of benzene rings is 1. The Morgan fingerprint density at radius 2 is 1.07 bits per heavy atom. The monoisotopic (exact) mass is 200 g/mol. The maximum Gasteiger partial charge on any atom is -0.0162 e. The first-order valence-electron chi connectivity index (χ1n) is 6.53. The molecule has 3 rings (SSSR count). The molecule has 0 heteroatoms.